The highest BCUT2D eigenvalue weighted by molar-refractivity contribution is 14.1. The Labute approximate surface area is 109 Å². The lowest BCUT2D eigenvalue weighted by Gasteiger charge is -2.14. The average Bonchev–Trinajstić information content (AvgIpc) is 2.65. The molecule has 2 N–H and O–H groups in total. The molecule has 1 fully saturated rings. The number of aromatic nitrogens is 2. The van der Waals surface area contributed by atoms with Crippen molar-refractivity contribution in [1.82, 2.24) is 9.55 Å². The molecular weight excluding hydrogens is 344 g/mol. The molecule has 0 unspecified atom stereocenters. The molecule has 1 aromatic rings. The van der Waals surface area contributed by atoms with Gasteiger partial charge in [-0.15, -0.1) is 0 Å². The zero-order valence-electron chi connectivity index (χ0n) is 8.60. The second-order valence-corrected chi connectivity index (χ2v) is 4.87. The van der Waals surface area contributed by atoms with Crippen LogP contribution in [0, 0.1) is 3.57 Å². The molecule has 0 radical (unpaired) electrons. The van der Waals surface area contributed by atoms with Gasteiger partial charge in [0.15, 0.2) is 0 Å². The van der Waals surface area contributed by atoms with Gasteiger partial charge in [0.05, 0.1) is 10.2 Å². The van der Waals surface area contributed by atoms with Crippen molar-refractivity contribution in [2.24, 2.45) is 0 Å². The monoisotopic (exact) mass is 354 g/mol. The molecule has 17 heavy (non-hydrogen) atoms. The van der Waals surface area contributed by atoms with Gasteiger partial charge in [0, 0.05) is 12.6 Å². The predicted octanol–water partition coefficient (Wildman–Crippen LogP) is -0.241. The van der Waals surface area contributed by atoms with Crippen LogP contribution in [0.25, 0.3) is 0 Å². The van der Waals surface area contributed by atoms with Gasteiger partial charge in [0.2, 0.25) is 0 Å². The maximum absolute atomic E-state index is 13.4. The van der Waals surface area contributed by atoms with E-state index in [0.717, 1.165) is 4.57 Å². The van der Waals surface area contributed by atoms with Crippen molar-refractivity contribution in [3.05, 3.63) is 30.6 Å². The quantitative estimate of drug-likeness (QED) is 0.718. The second-order valence-electron chi connectivity index (χ2n) is 3.71. The van der Waals surface area contributed by atoms with E-state index < -0.39 is 36.4 Å². The summed E-state index contributed by atoms with van der Waals surface area (Å²) in [7, 11) is 0. The number of nitrogens with zero attached hydrogens (tertiary/aromatic N) is 1. The lowest BCUT2D eigenvalue weighted by molar-refractivity contribution is -0.0357. The Balaban J connectivity index is 2.34. The minimum Gasteiger partial charge on any atom is -0.394 e. The Bertz CT molecular complexity index is 528. The van der Waals surface area contributed by atoms with E-state index in [2.05, 4.69) is 4.98 Å². The van der Waals surface area contributed by atoms with Crippen LogP contribution >= 0.6 is 22.6 Å². The Kier molecular flexibility index (Phi) is 3.64. The molecule has 3 atom stereocenters. The molecule has 1 aromatic heterocycles. The van der Waals surface area contributed by atoms with Crippen molar-refractivity contribution in [3.63, 3.8) is 0 Å². The molecule has 94 valence electrons. The summed E-state index contributed by atoms with van der Waals surface area (Å²) in [5, 5.41) is 8.86. The first-order chi connectivity index (χ1) is 8.02. The van der Waals surface area contributed by atoms with Crippen molar-refractivity contribution in [2.75, 3.05) is 6.61 Å². The molecule has 0 amide bonds. The number of rotatable bonds is 2. The molecule has 0 spiro atoms. The standard InChI is InChI=1S/C9H10FIN2O4/c10-4-1-7(17-6(4)3-14)13-2-5(11)8(15)12-9(13)16/h2,4,6-7,14H,1,3H2,(H,12,15,16)/t4-,6+,7+/m0/s1/i11-2. The number of ether oxygens (including phenoxy) is 1. The summed E-state index contributed by atoms with van der Waals surface area (Å²) in [6.45, 7) is -0.438. The highest BCUT2D eigenvalue weighted by atomic mass is 125. The van der Waals surface area contributed by atoms with E-state index in [4.69, 9.17) is 9.84 Å². The average molecular weight is 354 g/mol. The van der Waals surface area contributed by atoms with Crippen LogP contribution in [-0.4, -0.2) is 33.5 Å². The van der Waals surface area contributed by atoms with E-state index in [1.807, 2.05) is 0 Å². The van der Waals surface area contributed by atoms with Crippen molar-refractivity contribution >= 4 is 22.6 Å². The van der Waals surface area contributed by atoms with Crippen LogP contribution in [0.1, 0.15) is 12.6 Å². The number of aliphatic hydroxyl groups excluding tert-OH is 1. The zero-order chi connectivity index (χ0) is 12.6. The maximum Gasteiger partial charge on any atom is 0.330 e. The van der Waals surface area contributed by atoms with E-state index in [0.29, 0.717) is 3.57 Å². The SMILES string of the molecule is O=c1[nH]c(=O)n([C@H]2C[C@H](F)[C@@H](CO)O2)cc1[125I]. The number of halogens is 2. The summed E-state index contributed by atoms with van der Waals surface area (Å²) in [5.41, 5.74) is -1.13. The first-order valence-corrected chi connectivity index (χ1v) is 6.02. The summed E-state index contributed by atoms with van der Waals surface area (Å²) in [5.74, 6) is 0. The summed E-state index contributed by atoms with van der Waals surface area (Å²) in [4.78, 5) is 24.8. The highest BCUT2D eigenvalue weighted by Gasteiger charge is 2.36. The first-order valence-electron chi connectivity index (χ1n) is 4.94. The van der Waals surface area contributed by atoms with E-state index in [1.165, 1.54) is 6.20 Å². The highest BCUT2D eigenvalue weighted by Crippen LogP contribution is 2.29. The Hall–Kier alpha value is -0.740. The molecular formula is C9H10FIN2O4. The normalized spacial score (nSPS) is 28.5. The van der Waals surface area contributed by atoms with Gasteiger partial charge in [0.1, 0.15) is 18.5 Å². The van der Waals surface area contributed by atoms with Crippen LogP contribution in [0.2, 0.25) is 0 Å². The smallest absolute Gasteiger partial charge is 0.330 e. The van der Waals surface area contributed by atoms with Crippen LogP contribution in [0.15, 0.2) is 15.8 Å². The van der Waals surface area contributed by atoms with E-state index in [-0.39, 0.29) is 6.42 Å². The largest absolute Gasteiger partial charge is 0.394 e. The van der Waals surface area contributed by atoms with Gasteiger partial charge >= 0.3 is 5.69 Å². The van der Waals surface area contributed by atoms with Gasteiger partial charge < -0.3 is 9.84 Å². The molecule has 2 rings (SSSR count). The van der Waals surface area contributed by atoms with Crippen LogP contribution in [-0.2, 0) is 4.74 Å². The Morgan fingerprint density at radius 2 is 2.35 bits per heavy atom. The van der Waals surface area contributed by atoms with E-state index in [9.17, 15) is 14.0 Å². The lowest BCUT2D eigenvalue weighted by atomic mass is 10.2. The van der Waals surface area contributed by atoms with Gasteiger partial charge in [-0.3, -0.25) is 14.3 Å². The second kappa shape index (κ2) is 4.86. The third kappa shape index (κ3) is 2.43. The summed E-state index contributed by atoms with van der Waals surface area (Å²) in [6.07, 6.45) is -1.73. The first kappa shape index (κ1) is 12.7. The van der Waals surface area contributed by atoms with Gasteiger partial charge in [-0.05, 0) is 22.6 Å². The topological polar surface area (TPSA) is 84.3 Å². The molecule has 8 heteroatoms. The fourth-order valence-corrected chi connectivity index (χ4v) is 2.13. The minimum atomic E-state index is -1.32. The van der Waals surface area contributed by atoms with Crippen LogP contribution in [0.3, 0.4) is 0 Å². The van der Waals surface area contributed by atoms with Gasteiger partial charge in [-0.1, -0.05) is 0 Å². The van der Waals surface area contributed by atoms with Gasteiger partial charge in [-0.25, -0.2) is 9.18 Å². The molecule has 1 aliphatic heterocycles. The van der Waals surface area contributed by atoms with Crippen LogP contribution in [0.4, 0.5) is 4.39 Å². The number of alkyl halides is 1. The third-order valence-electron chi connectivity index (χ3n) is 2.58. The third-order valence-corrected chi connectivity index (χ3v) is 3.35. The number of aliphatic hydroxyl groups is 1. The maximum atomic E-state index is 13.4. The van der Waals surface area contributed by atoms with Crippen molar-refractivity contribution in [2.45, 2.75) is 24.9 Å². The minimum absolute atomic E-state index is 0.0206. The summed E-state index contributed by atoms with van der Waals surface area (Å²) in [6, 6.07) is 0. The van der Waals surface area contributed by atoms with E-state index in [1.54, 1.807) is 22.6 Å². The zero-order valence-corrected chi connectivity index (χ0v) is 10.8. The number of hydrogen-bond donors (Lipinski definition) is 2. The Morgan fingerprint density at radius 3 is 2.94 bits per heavy atom. The lowest BCUT2D eigenvalue weighted by Crippen LogP contribution is -2.33. The summed E-state index contributed by atoms with van der Waals surface area (Å²) < 4.78 is 20.0. The molecule has 2 heterocycles. The van der Waals surface area contributed by atoms with Crippen molar-refractivity contribution in [3.8, 4) is 0 Å². The van der Waals surface area contributed by atoms with Gasteiger partial charge in [0.25, 0.3) is 5.56 Å². The molecule has 1 aliphatic rings. The van der Waals surface area contributed by atoms with Crippen molar-refractivity contribution in [1.29, 1.82) is 0 Å². The van der Waals surface area contributed by atoms with Gasteiger partial charge in [-0.2, -0.15) is 0 Å². The summed E-state index contributed by atoms with van der Waals surface area (Å²) >= 11 is 1.77. The number of hydrogen-bond acceptors (Lipinski definition) is 4. The fourth-order valence-electron chi connectivity index (χ4n) is 1.70. The number of H-pyrrole nitrogens is 1. The van der Waals surface area contributed by atoms with Crippen LogP contribution in [0.5, 0.6) is 0 Å². The Morgan fingerprint density at radius 1 is 1.65 bits per heavy atom. The van der Waals surface area contributed by atoms with Crippen molar-refractivity contribution < 1.29 is 14.2 Å². The molecule has 6 nitrogen and oxygen atoms in total. The van der Waals surface area contributed by atoms with E-state index >= 15 is 0 Å². The molecule has 1 saturated heterocycles. The number of nitrogens with one attached hydrogen (secondary N) is 1. The predicted molar refractivity (Wildman–Crippen MR) is 64.5 cm³/mol. The van der Waals surface area contributed by atoms with Crippen LogP contribution < -0.4 is 11.2 Å². The molecule has 0 bridgehead atoms. The molecule has 0 saturated carbocycles. The molecule has 0 aliphatic carbocycles. The number of aromatic amines is 1. The molecule has 0 aromatic carbocycles. The fraction of sp³-hybridized carbons (Fsp3) is 0.556.